The molecule has 0 spiro atoms. The first kappa shape index (κ1) is 15.8. The quantitative estimate of drug-likeness (QED) is 0.778. The van der Waals surface area contributed by atoms with Gasteiger partial charge in [-0.15, -0.1) is 0 Å². The molecule has 3 aliphatic rings. The Bertz CT molecular complexity index is 289. The Balaban J connectivity index is 1.40. The highest BCUT2D eigenvalue weighted by Crippen LogP contribution is 2.33. The fourth-order valence-corrected chi connectivity index (χ4v) is 4.24. The van der Waals surface area contributed by atoms with E-state index in [0.29, 0.717) is 0 Å². The van der Waals surface area contributed by atoms with Crippen molar-refractivity contribution in [2.45, 2.75) is 70.4 Å². The third kappa shape index (κ3) is 4.67. The molecule has 0 aromatic carbocycles. The van der Waals surface area contributed by atoms with Gasteiger partial charge < -0.3 is 15.1 Å². The summed E-state index contributed by atoms with van der Waals surface area (Å²) in [5.74, 6) is 0.983. The minimum absolute atomic E-state index is 0.775. The van der Waals surface area contributed by atoms with Crippen molar-refractivity contribution in [3.8, 4) is 0 Å². The molecule has 1 saturated carbocycles. The minimum atomic E-state index is 0.775. The third-order valence-electron chi connectivity index (χ3n) is 5.77. The second-order valence-electron chi connectivity index (χ2n) is 7.53. The van der Waals surface area contributed by atoms with Crippen LogP contribution in [-0.2, 0) is 0 Å². The summed E-state index contributed by atoms with van der Waals surface area (Å²) in [6.07, 6.45) is 11.3. The molecule has 21 heavy (non-hydrogen) atoms. The fraction of sp³-hybridized carbons (Fsp3) is 1.00. The predicted octanol–water partition coefficient (Wildman–Crippen LogP) is 2.71. The van der Waals surface area contributed by atoms with Crippen molar-refractivity contribution in [2.75, 3.05) is 39.3 Å². The number of nitrogens with one attached hydrogen (secondary N) is 1. The number of nitrogens with zero attached hydrogens (tertiary/aromatic N) is 2. The van der Waals surface area contributed by atoms with Gasteiger partial charge in [0, 0.05) is 18.6 Å². The zero-order chi connectivity index (χ0) is 14.5. The van der Waals surface area contributed by atoms with Gasteiger partial charge in [-0.3, -0.25) is 0 Å². The van der Waals surface area contributed by atoms with E-state index in [0.717, 1.165) is 18.0 Å². The van der Waals surface area contributed by atoms with Crippen LogP contribution in [0.15, 0.2) is 0 Å². The summed E-state index contributed by atoms with van der Waals surface area (Å²) in [6, 6.07) is 1.67. The lowest BCUT2D eigenvalue weighted by Crippen LogP contribution is -2.50. The number of rotatable bonds is 7. The summed E-state index contributed by atoms with van der Waals surface area (Å²) in [4.78, 5) is 5.53. The van der Waals surface area contributed by atoms with Crippen LogP contribution in [0.1, 0.15) is 58.3 Å². The monoisotopic (exact) mass is 293 g/mol. The molecule has 0 aromatic rings. The van der Waals surface area contributed by atoms with E-state index in [1.54, 1.807) is 0 Å². The molecular weight excluding hydrogens is 258 g/mol. The Morgan fingerprint density at radius 3 is 2.29 bits per heavy atom. The highest BCUT2D eigenvalue weighted by Gasteiger charge is 2.33. The number of likely N-dealkylation sites (tertiary alicyclic amines) is 2. The van der Waals surface area contributed by atoms with Crippen molar-refractivity contribution in [3.63, 3.8) is 0 Å². The van der Waals surface area contributed by atoms with Gasteiger partial charge in [0.05, 0.1) is 0 Å². The lowest BCUT2D eigenvalue weighted by atomic mass is 9.99. The molecule has 0 aromatic heterocycles. The van der Waals surface area contributed by atoms with Crippen molar-refractivity contribution >= 4 is 0 Å². The van der Waals surface area contributed by atoms with E-state index >= 15 is 0 Å². The predicted molar refractivity (Wildman–Crippen MR) is 89.7 cm³/mol. The van der Waals surface area contributed by atoms with Crippen molar-refractivity contribution in [1.82, 2.24) is 15.1 Å². The Morgan fingerprint density at radius 2 is 1.67 bits per heavy atom. The first-order valence-electron chi connectivity index (χ1n) is 9.56. The lowest BCUT2D eigenvalue weighted by Gasteiger charge is -2.41. The van der Waals surface area contributed by atoms with Crippen molar-refractivity contribution in [3.05, 3.63) is 0 Å². The Kier molecular flexibility index (Phi) is 5.96. The van der Waals surface area contributed by atoms with Crippen molar-refractivity contribution < 1.29 is 0 Å². The maximum Gasteiger partial charge on any atom is 0.0223 e. The van der Waals surface area contributed by atoms with E-state index in [1.807, 2.05) is 0 Å². The van der Waals surface area contributed by atoms with Gasteiger partial charge in [0.1, 0.15) is 0 Å². The molecule has 0 amide bonds. The molecule has 1 aliphatic carbocycles. The van der Waals surface area contributed by atoms with Crippen molar-refractivity contribution in [2.24, 2.45) is 5.92 Å². The van der Waals surface area contributed by atoms with Gasteiger partial charge >= 0.3 is 0 Å². The summed E-state index contributed by atoms with van der Waals surface area (Å²) in [6.45, 7) is 10.2. The molecule has 1 atom stereocenters. The highest BCUT2D eigenvalue weighted by atomic mass is 15.2. The van der Waals surface area contributed by atoms with Gasteiger partial charge in [-0.25, -0.2) is 0 Å². The maximum absolute atomic E-state index is 3.80. The zero-order valence-corrected chi connectivity index (χ0v) is 14.0. The molecule has 3 fully saturated rings. The highest BCUT2D eigenvalue weighted by molar-refractivity contribution is 4.90. The van der Waals surface area contributed by atoms with E-state index in [-0.39, 0.29) is 0 Å². The van der Waals surface area contributed by atoms with Gasteiger partial charge in [0.15, 0.2) is 0 Å². The van der Waals surface area contributed by atoms with Gasteiger partial charge in [0.25, 0.3) is 0 Å². The van der Waals surface area contributed by atoms with Crippen LogP contribution in [0.4, 0.5) is 0 Å². The molecule has 2 heterocycles. The molecule has 3 heteroatoms. The summed E-state index contributed by atoms with van der Waals surface area (Å²) >= 11 is 0. The van der Waals surface area contributed by atoms with Crippen LogP contribution in [0.25, 0.3) is 0 Å². The SMILES string of the molecule is CCCNC(CN1CCC(N2CCCCC2)CC1)C1CC1. The molecule has 2 aliphatic heterocycles. The van der Waals surface area contributed by atoms with E-state index in [1.165, 1.54) is 90.6 Å². The maximum atomic E-state index is 3.80. The first-order valence-corrected chi connectivity index (χ1v) is 9.56. The van der Waals surface area contributed by atoms with Crippen LogP contribution >= 0.6 is 0 Å². The molecule has 0 radical (unpaired) electrons. The summed E-state index contributed by atoms with van der Waals surface area (Å²) < 4.78 is 0. The normalized spacial score (nSPS) is 27.9. The van der Waals surface area contributed by atoms with Gasteiger partial charge in [0.2, 0.25) is 0 Å². The van der Waals surface area contributed by atoms with Crippen LogP contribution in [0.3, 0.4) is 0 Å². The molecule has 1 unspecified atom stereocenters. The van der Waals surface area contributed by atoms with E-state index in [4.69, 9.17) is 0 Å². The largest absolute Gasteiger partial charge is 0.312 e. The number of hydrogen-bond acceptors (Lipinski definition) is 3. The van der Waals surface area contributed by atoms with Crippen LogP contribution < -0.4 is 5.32 Å². The second kappa shape index (κ2) is 7.94. The average Bonchev–Trinajstić information content (AvgIpc) is 3.38. The molecule has 3 rings (SSSR count). The molecule has 2 saturated heterocycles. The number of hydrogen-bond donors (Lipinski definition) is 1. The second-order valence-corrected chi connectivity index (χ2v) is 7.53. The van der Waals surface area contributed by atoms with Gasteiger partial charge in [-0.1, -0.05) is 13.3 Å². The topological polar surface area (TPSA) is 18.5 Å². The molecule has 1 N–H and O–H groups in total. The Hall–Kier alpha value is -0.120. The van der Waals surface area contributed by atoms with E-state index in [9.17, 15) is 0 Å². The van der Waals surface area contributed by atoms with Gasteiger partial charge in [-0.05, 0) is 83.6 Å². The van der Waals surface area contributed by atoms with Crippen molar-refractivity contribution in [1.29, 1.82) is 0 Å². The van der Waals surface area contributed by atoms with E-state index in [2.05, 4.69) is 22.0 Å². The lowest BCUT2D eigenvalue weighted by molar-refractivity contribution is 0.0867. The molecule has 3 nitrogen and oxygen atoms in total. The van der Waals surface area contributed by atoms with Gasteiger partial charge in [-0.2, -0.15) is 0 Å². The minimum Gasteiger partial charge on any atom is -0.312 e. The summed E-state index contributed by atoms with van der Waals surface area (Å²) in [5, 5.41) is 3.80. The fourth-order valence-electron chi connectivity index (χ4n) is 4.24. The zero-order valence-electron chi connectivity index (χ0n) is 14.0. The van der Waals surface area contributed by atoms with Crippen LogP contribution in [-0.4, -0.2) is 61.2 Å². The molecule has 0 bridgehead atoms. The smallest absolute Gasteiger partial charge is 0.0223 e. The average molecular weight is 293 g/mol. The third-order valence-corrected chi connectivity index (χ3v) is 5.77. The van der Waals surface area contributed by atoms with Crippen LogP contribution in [0.5, 0.6) is 0 Å². The van der Waals surface area contributed by atoms with Crippen LogP contribution in [0, 0.1) is 5.92 Å². The Labute approximate surface area is 131 Å². The summed E-state index contributed by atoms with van der Waals surface area (Å²) in [5.41, 5.74) is 0. The van der Waals surface area contributed by atoms with E-state index < -0.39 is 0 Å². The molecule has 122 valence electrons. The summed E-state index contributed by atoms with van der Waals surface area (Å²) in [7, 11) is 0. The van der Waals surface area contributed by atoms with Crippen LogP contribution in [0.2, 0.25) is 0 Å². The molecular formula is C18H35N3. The standard InChI is InChI=1S/C18H35N3/c1-2-10-19-18(16-6-7-16)15-20-13-8-17(9-14-20)21-11-4-3-5-12-21/h16-19H,2-15H2,1H3. The Morgan fingerprint density at radius 1 is 0.952 bits per heavy atom. The number of piperidine rings is 2. The first-order chi connectivity index (χ1) is 10.4.